The van der Waals surface area contributed by atoms with Crippen molar-refractivity contribution < 1.29 is 47.7 Å². The Balaban J connectivity index is 0.770. The van der Waals surface area contributed by atoms with Gasteiger partial charge in [-0.1, -0.05) is 12.1 Å². The van der Waals surface area contributed by atoms with Gasteiger partial charge in [-0.25, -0.2) is 9.80 Å². The molecule has 5 amide bonds. The van der Waals surface area contributed by atoms with Crippen molar-refractivity contribution in [3.05, 3.63) is 83.4 Å². The van der Waals surface area contributed by atoms with Crippen molar-refractivity contribution >= 4 is 40.9 Å². The zero-order chi connectivity index (χ0) is 45.3. The average Bonchev–Trinajstić information content (AvgIpc) is 3.86. The molecular formula is C45H57N9O10. The van der Waals surface area contributed by atoms with Gasteiger partial charge in [0.25, 0.3) is 11.8 Å². The van der Waals surface area contributed by atoms with Crippen molar-refractivity contribution in [2.45, 2.75) is 25.8 Å². The number of ether oxygens (including phenoxy) is 5. The number of carbonyl (C=O) groups excluding carboxylic acids is 5. The summed E-state index contributed by atoms with van der Waals surface area (Å²) >= 11 is 0. The average molecular weight is 884 g/mol. The van der Waals surface area contributed by atoms with Gasteiger partial charge in [-0.05, 0) is 67.9 Å². The fourth-order valence-electron chi connectivity index (χ4n) is 6.87. The maximum Gasteiger partial charge on any atom is 0.333 e. The normalized spacial score (nSPS) is 13.6. The van der Waals surface area contributed by atoms with Crippen molar-refractivity contribution in [1.82, 2.24) is 36.6 Å². The highest BCUT2D eigenvalue weighted by Gasteiger charge is 2.35. The van der Waals surface area contributed by atoms with Gasteiger partial charge in [0.2, 0.25) is 5.91 Å². The molecule has 0 bridgehead atoms. The maximum absolute atomic E-state index is 13.7. The summed E-state index contributed by atoms with van der Waals surface area (Å²) in [4.78, 5) is 65.5. The number of hydrogen-bond acceptors (Lipinski definition) is 13. The first-order valence-electron chi connectivity index (χ1n) is 21.3. The van der Waals surface area contributed by atoms with E-state index in [9.17, 15) is 24.0 Å². The summed E-state index contributed by atoms with van der Waals surface area (Å²) in [6, 6.07) is 18.9. The van der Waals surface area contributed by atoms with Crippen molar-refractivity contribution in [2.75, 3.05) is 110 Å². The van der Waals surface area contributed by atoms with Crippen LogP contribution in [-0.2, 0) is 28.5 Å². The molecule has 4 aromatic rings. The molecular weight excluding hydrogens is 827 g/mol. The Morgan fingerprint density at radius 1 is 0.828 bits per heavy atom. The quantitative estimate of drug-likeness (QED) is 0.0491. The molecule has 64 heavy (non-hydrogen) atoms. The number of fused-ring (bicyclic) bond motifs is 3. The number of H-pyrrole nitrogens is 1. The number of nitrogens with zero attached hydrogens (tertiary/aromatic N) is 3. The summed E-state index contributed by atoms with van der Waals surface area (Å²) < 4.78 is 27.5. The minimum Gasteiger partial charge on any atom is -0.484 e. The van der Waals surface area contributed by atoms with Gasteiger partial charge in [0.1, 0.15) is 11.4 Å². The van der Waals surface area contributed by atoms with Crippen LogP contribution >= 0.6 is 0 Å². The number of aromatic amines is 1. The minimum atomic E-state index is -0.445. The summed E-state index contributed by atoms with van der Waals surface area (Å²) in [5.41, 5.74) is 7.95. The molecule has 2 heterocycles. The number of urea groups is 1. The van der Waals surface area contributed by atoms with Gasteiger partial charge in [0.05, 0.1) is 75.4 Å². The van der Waals surface area contributed by atoms with Crippen LogP contribution in [0.1, 0.15) is 46.0 Å². The summed E-state index contributed by atoms with van der Waals surface area (Å²) in [6.07, 6.45) is 0.805. The lowest BCUT2D eigenvalue weighted by atomic mass is 10.0. The van der Waals surface area contributed by atoms with Crippen LogP contribution in [0.5, 0.6) is 5.75 Å². The molecule has 0 saturated carbocycles. The lowest BCUT2D eigenvalue weighted by Crippen LogP contribution is -2.49. The van der Waals surface area contributed by atoms with Crippen LogP contribution in [0.25, 0.3) is 22.5 Å². The smallest absolute Gasteiger partial charge is 0.333 e. The third-order valence-electron chi connectivity index (χ3n) is 10.3. The second-order valence-electron chi connectivity index (χ2n) is 15.2. The van der Waals surface area contributed by atoms with Gasteiger partial charge in [-0.3, -0.25) is 29.7 Å². The fourth-order valence-corrected chi connectivity index (χ4v) is 6.87. The predicted octanol–water partition coefficient (Wildman–Crippen LogP) is 2.98. The molecule has 0 unspecified atom stereocenters. The number of anilines is 2. The van der Waals surface area contributed by atoms with E-state index in [1.807, 2.05) is 44.1 Å². The first-order chi connectivity index (χ1) is 31.1. The van der Waals surface area contributed by atoms with Gasteiger partial charge >= 0.3 is 6.03 Å². The SMILES string of the molecule is C[C@H](CCC(=O)NCCOCCOCCOCCNC(=O)COc1ccc(-c2n[nH]c3c2C(=O)c2c(NC(=O)NN4CCOCC4)cccc2-3)cc1)NC(=O)c1ccc(N(C)C)cc1. The van der Waals surface area contributed by atoms with E-state index < -0.39 is 6.03 Å². The predicted molar refractivity (Wildman–Crippen MR) is 238 cm³/mol. The highest BCUT2D eigenvalue weighted by molar-refractivity contribution is 6.27. The summed E-state index contributed by atoms with van der Waals surface area (Å²) in [7, 11) is 3.88. The third-order valence-corrected chi connectivity index (χ3v) is 10.3. The molecule has 0 radical (unpaired) electrons. The van der Waals surface area contributed by atoms with Crippen LogP contribution in [0.3, 0.4) is 0 Å². The number of carbonyl (C=O) groups is 5. The zero-order valence-corrected chi connectivity index (χ0v) is 36.5. The van der Waals surface area contributed by atoms with Crippen molar-refractivity contribution in [3.63, 3.8) is 0 Å². The molecule has 1 atom stereocenters. The van der Waals surface area contributed by atoms with Gasteiger partial charge < -0.3 is 49.9 Å². The van der Waals surface area contributed by atoms with Crippen LogP contribution in [0.2, 0.25) is 0 Å². The van der Waals surface area contributed by atoms with E-state index in [1.54, 1.807) is 53.5 Å². The van der Waals surface area contributed by atoms with Crippen molar-refractivity contribution in [1.29, 1.82) is 0 Å². The number of morpholine rings is 1. The number of nitrogens with one attached hydrogen (secondary N) is 6. The Hall–Kier alpha value is -6.38. The molecule has 6 N–H and O–H groups in total. The molecule has 342 valence electrons. The second-order valence-corrected chi connectivity index (χ2v) is 15.2. The molecule has 19 heteroatoms. The highest BCUT2D eigenvalue weighted by Crippen LogP contribution is 2.43. The first-order valence-corrected chi connectivity index (χ1v) is 21.3. The molecule has 19 nitrogen and oxygen atoms in total. The molecule has 0 spiro atoms. The lowest BCUT2D eigenvalue weighted by molar-refractivity contribution is -0.123. The first kappa shape index (κ1) is 47.1. The molecule has 6 rings (SSSR count). The number of rotatable bonds is 24. The van der Waals surface area contributed by atoms with Gasteiger partial charge in [-0.15, -0.1) is 0 Å². The maximum atomic E-state index is 13.7. The van der Waals surface area contributed by atoms with Crippen LogP contribution in [-0.4, -0.2) is 151 Å². The number of aromatic nitrogens is 2. The van der Waals surface area contributed by atoms with Gasteiger partial charge in [-0.2, -0.15) is 5.10 Å². The van der Waals surface area contributed by atoms with Crippen LogP contribution in [0.4, 0.5) is 16.2 Å². The molecule has 1 aliphatic carbocycles. The second kappa shape index (κ2) is 23.9. The van der Waals surface area contributed by atoms with Crippen molar-refractivity contribution in [2.24, 2.45) is 0 Å². The van der Waals surface area contributed by atoms with E-state index >= 15 is 0 Å². The van der Waals surface area contributed by atoms with Crippen molar-refractivity contribution in [3.8, 4) is 28.3 Å². The van der Waals surface area contributed by atoms with Crippen LogP contribution in [0, 0.1) is 0 Å². The molecule has 3 aromatic carbocycles. The standard InChI is InChI=1S/C45H57N9O10/c1-30(48-44(58)32-8-12-33(13-9-32)53(2)3)7-16-37(55)46-17-21-60-25-27-63-28-26-61-22-18-47-38(56)29-64-34-14-10-31(11-15-34)41-40-42(51-50-41)35-5-4-6-36(39(35)43(40)57)49-45(59)52-54-19-23-62-24-20-54/h4-6,8-15,30H,7,16-29H2,1-3H3,(H,46,55)(H,47,56)(H,48,58)(H,50,51)(H2,49,52,59)/t30-/m1/s1. The Labute approximate surface area is 371 Å². The number of amides is 5. The number of ketones is 1. The van der Waals surface area contributed by atoms with E-state index in [4.69, 9.17) is 23.7 Å². The van der Waals surface area contributed by atoms with E-state index in [2.05, 4.69) is 36.9 Å². The molecule has 2 aliphatic rings. The van der Waals surface area contributed by atoms with E-state index in [-0.39, 0.29) is 42.6 Å². The summed E-state index contributed by atoms with van der Waals surface area (Å²) in [5, 5.41) is 20.5. The molecule has 1 aromatic heterocycles. The molecule has 1 aliphatic heterocycles. The molecule has 1 fully saturated rings. The topological polar surface area (TPSA) is 227 Å². The number of hydrazine groups is 1. The largest absolute Gasteiger partial charge is 0.484 e. The molecule has 1 saturated heterocycles. The Morgan fingerprint density at radius 3 is 2.16 bits per heavy atom. The lowest BCUT2D eigenvalue weighted by Gasteiger charge is -2.27. The fraction of sp³-hybridized carbons (Fsp3) is 0.422. The summed E-state index contributed by atoms with van der Waals surface area (Å²) in [6.45, 7) is 6.62. The highest BCUT2D eigenvalue weighted by atomic mass is 16.5. The number of benzene rings is 3. The third kappa shape index (κ3) is 13.6. The monoisotopic (exact) mass is 883 g/mol. The Bertz CT molecular complexity index is 2190. The Kier molecular flexibility index (Phi) is 17.6. The minimum absolute atomic E-state index is 0.108. The van der Waals surface area contributed by atoms with E-state index in [0.29, 0.717) is 136 Å². The summed E-state index contributed by atoms with van der Waals surface area (Å²) in [5.74, 6) is -0.375. The zero-order valence-electron chi connectivity index (χ0n) is 36.5. The van der Waals surface area contributed by atoms with Gasteiger partial charge in [0.15, 0.2) is 12.4 Å². The van der Waals surface area contributed by atoms with E-state index in [1.165, 1.54) is 0 Å². The van der Waals surface area contributed by atoms with Crippen LogP contribution < -0.4 is 36.3 Å². The number of hydrogen-bond donors (Lipinski definition) is 6. The Morgan fingerprint density at radius 2 is 1.48 bits per heavy atom. The van der Waals surface area contributed by atoms with Crippen LogP contribution in [0.15, 0.2) is 66.7 Å². The van der Waals surface area contributed by atoms with Gasteiger partial charge in [0, 0.05) is 75.1 Å². The van der Waals surface area contributed by atoms with E-state index in [0.717, 1.165) is 5.69 Å².